The first-order chi connectivity index (χ1) is 3.77. The molecule has 0 radical (unpaired) electrons. The summed E-state index contributed by atoms with van der Waals surface area (Å²) in [5, 5.41) is 3.14. The first-order valence-corrected chi connectivity index (χ1v) is 1.97. The monoisotopic (exact) mass is 112 g/mol. The standard InChI is InChI=1S/C4H8N4/c1-4(5)7-2-3-8-6/h2-3H,1,5-6H2/b7-2-,8-3-. The molecule has 4 heteroatoms. The Bertz CT molecular complexity index is 124. The van der Waals surface area contributed by atoms with E-state index in [-0.39, 0.29) is 5.82 Å². The molecule has 0 heterocycles. The highest BCUT2D eigenvalue weighted by atomic mass is 15.1. The molecule has 0 amide bonds. The molecule has 0 aromatic carbocycles. The van der Waals surface area contributed by atoms with E-state index in [2.05, 4.69) is 16.7 Å². The topological polar surface area (TPSA) is 76.8 Å². The van der Waals surface area contributed by atoms with Crippen molar-refractivity contribution in [2.45, 2.75) is 0 Å². The summed E-state index contributed by atoms with van der Waals surface area (Å²) >= 11 is 0. The maximum absolute atomic E-state index is 5.04. The minimum absolute atomic E-state index is 0.241. The Morgan fingerprint density at radius 3 is 2.50 bits per heavy atom. The van der Waals surface area contributed by atoms with Gasteiger partial charge in [0.15, 0.2) is 0 Å². The van der Waals surface area contributed by atoms with Gasteiger partial charge in [-0.15, -0.1) is 0 Å². The minimum Gasteiger partial charge on any atom is -0.384 e. The average molecular weight is 112 g/mol. The van der Waals surface area contributed by atoms with E-state index in [1.807, 2.05) is 0 Å². The van der Waals surface area contributed by atoms with Gasteiger partial charge >= 0.3 is 0 Å². The zero-order valence-corrected chi connectivity index (χ0v) is 4.41. The second kappa shape index (κ2) is 3.86. The van der Waals surface area contributed by atoms with Gasteiger partial charge in [-0.1, -0.05) is 6.58 Å². The molecule has 0 rings (SSSR count). The van der Waals surface area contributed by atoms with Crippen molar-refractivity contribution < 1.29 is 0 Å². The summed E-state index contributed by atoms with van der Waals surface area (Å²) in [4.78, 5) is 3.54. The van der Waals surface area contributed by atoms with Crippen molar-refractivity contribution >= 4 is 12.4 Å². The molecule has 0 spiro atoms. The minimum atomic E-state index is 0.241. The molecule has 0 aromatic rings. The number of rotatable bonds is 2. The van der Waals surface area contributed by atoms with E-state index in [1.54, 1.807) is 0 Å². The van der Waals surface area contributed by atoms with Gasteiger partial charge in [0.05, 0.1) is 6.21 Å². The molecule has 44 valence electrons. The number of nitrogens with zero attached hydrogens (tertiary/aromatic N) is 2. The van der Waals surface area contributed by atoms with Crippen LogP contribution >= 0.6 is 0 Å². The van der Waals surface area contributed by atoms with Crippen molar-refractivity contribution in [3.63, 3.8) is 0 Å². The lowest BCUT2D eigenvalue weighted by molar-refractivity contribution is 1.26. The molecule has 0 aliphatic carbocycles. The lowest BCUT2D eigenvalue weighted by Gasteiger charge is -1.79. The number of aliphatic imine (C=N–C) groups is 1. The van der Waals surface area contributed by atoms with Crippen LogP contribution in [0.2, 0.25) is 0 Å². The third-order valence-corrected chi connectivity index (χ3v) is 0.393. The van der Waals surface area contributed by atoms with Crippen LogP contribution in [-0.2, 0) is 0 Å². The third kappa shape index (κ3) is 4.68. The van der Waals surface area contributed by atoms with E-state index in [1.165, 1.54) is 12.4 Å². The second-order valence-electron chi connectivity index (χ2n) is 1.07. The molecule has 0 aromatic heterocycles. The predicted octanol–water partition coefficient (Wildman–Crippen LogP) is -0.568. The fourth-order valence-electron chi connectivity index (χ4n) is 0.168. The van der Waals surface area contributed by atoms with Gasteiger partial charge in [-0.3, -0.25) is 0 Å². The highest BCUT2D eigenvalue weighted by molar-refractivity contribution is 6.16. The van der Waals surface area contributed by atoms with Crippen molar-refractivity contribution in [2.75, 3.05) is 0 Å². The fraction of sp³-hybridized carbons (Fsp3) is 0. The summed E-state index contributed by atoms with van der Waals surface area (Å²) in [6.07, 6.45) is 2.68. The molecule has 0 saturated heterocycles. The molecule has 0 aliphatic heterocycles. The first-order valence-electron chi connectivity index (χ1n) is 1.97. The summed E-state index contributed by atoms with van der Waals surface area (Å²) in [5.41, 5.74) is 5.04. The summed E-state index contributed by atoms with van der Waals surface area (Å²) in [6.45, 7) is 3.30. The van der Waals surface area contributed by atoms with Crippen molar-refractivity contribution in [2.24, 2.45) is 21.7 Å². The Kier molecular flexibility index (Phi) is 3.22. The number of hydrazone groups is 1. The molecule has 0 atom stereocenters. The summed E-state index contributed by atoms with van der Waals surface area (Å²) in [7, 11) is 0. The Labute approximate surface area is 47.6 Å². The highest BCUT2D eigenvalue weighted by Gasteiger charge is 1.67. The van der Waals surface area contributed by atoms with Crippen LogP contribution in [0.15, 0.2) is 22.5 Å². The SMILES string of the molecule is C=C(N)/N=C\C=N/N. The van der Waals surface area contributed by atoms with Gasteiger partial charge in [0.25, 0.3) is 0 Å². The molecule has 4 nitrogen and oxygen atoms in total. The van der Waals surface area contributed by atoms with Crippen molar-refractivity contribution in [3.8, 4) is 0 Å². The maximum atomic E-state index is 5.04. The van der Waals surface area contributed by atoms with Crippen LogP contribution in [0.4, 0.5) is 0 Å². The fourth-order valence-corrected chi connectivity index (χ4v) is 0.168. The van der Waals surface area contributed by atoms with Crippen molar-refractivity contribution in [1.29, 1.82) is 0 Å². The molecule has 0 unspecified atom stereocenters. The Morgan fingerprint density at radius 2 is 2.12 bits per heavy atom. The van der Waals surface area contributed by atoms with Crippen LogP contribution in [0.3, 0.4) is 0 Å². The third-order valence-electron chi connectivity index (χ3n) is 0.393. The van der Waals surface area contributed by atoms with Crippen LogP contribution < -0.4 is 11.6 Å². The largest absolute Gasteiger partial charge is 0.384 e. The van der Waals surface area contributed by atoms with Gasteiger partial charge in [-0.2, -0.15) is 5.10 Å². The summed E-state index contributed by atoms with van der Waals surface area (Å²) < 4.78 is 0. The zero-order valence-electron chi connectivity index (χ0n) is 4.41. The zero-order chi connectivity index (χ0) is 6.41. The lowest BCUT2D eigenvalue weighted by Crippen LogP contribution is -1.91. The molecule has 4 N–H and O–H groups in total. The van der Waals surface area contributed by atoms with Gasteiger partial charge in [0.2, 0.25) is 0 Å². The van der Waals surface area contributed by atoms with Crippen LogP contribution in [0.25, 0.3) is 0 Å². The number of nitrogens with two attached hydrogens (primary N) is 2. The molecule has 0 fully saturated rings. The normalized spacial score (nSPS) is 11.0. The Balaban J connectivity index is 3.50. The van der Waals surface area contributed by atoms with Gasteiger partial charge in [0, 0.05) is 6.21 Å². The van der Waals surface area contributed by atoms with Crippen molar-refractivity contribution in [1.82, 2.24) is 0 Å². The van der Waals surface area contributed by atoms with Crippen LogP contribution in [0.1, 0.15) is 0 Å². The highest BCUT2D eigenvalue weighted by Crippen LogP contribution is 1.71. The van der Waals surface area contributed by atoms with Crippen LogP contribution in [0.5, 0.6) is 0 Å². The summed E-state index contributed by atoms with van der Waals surface area (Å²) in [6, 6.07) is 0. The molecule has 8 heavy (non-hydrogen) atoms. The van der Waals surface area contributed by atoms with E-state index >= 15 is 0 Å². The predicted molar refractivity (Wildman–Crippen MR) is 34.5 cm³/mol. The van der Waals surface area contributed by atoms with E-state index in [4.69, 9.17) is 11.6 Å². The molecule has 0 bridgehead atoms. The van der Waals surface area contributed by atoms with E-state index in [9.17, 15) is 0 Å². The molecule has 0 aliphatic rings. The number of hydrogen-bond donors (Lipinski definition) is 2. The van der Waals surface area contributed by atoms with Crippen LogP contribution in [-0.4, -0.2) is 12.4 Å². The van der Waals surface area contributed by atoms with Crippen LogP contribution in [0, 0.1) is 0 Å². The number of hydrogen-bond acceptors (Lipinski definition) is 4. The quantitative estimate of drug-likeness (QED) is 0.285. The Morgan fingerprint density at radius 1 is 1.50 bits per heavy atom. The molecular weight excluding hydrogens is 104 g/mol. The van der Waals surface area contributed by atoms with E-state index in [0.717, 1.165) is 0 Å². The molecular formula is C4H8N4. The summed E-state index contributed by atoms with van der Waals surface area (Å²) in [5.74, 6) is 4.96. The first kappa shape index (κ1) is 6.68. The van der Waals surface area contributed by atoms with Crippen molar-refractivity contribution in [3.05, 3.63) is 12.4 Å². The Hall–Kier alpha value is -1.32. The van der Waals surface area contributed by atoms with Gasteiger partial charge in [-0.25, -0.2) is 4.99 Å². The average Bonchev–Trinajstić information content (AvgIpc) is 1.66. The molecule has 0 saturated carbocycles. The van der Waals surface area contributed by atoms with Gasteiger partial charge in [-0.05, 0) is 0 Å². The lowest BCUT2D eigenvalue weighted by atomic mass is 10.8. The van der Waals surface area contributed by atoms with Gasteiger partial charge in [0.1, 0.15) is 5.82 Å². The smallest absolute Gasteiger partial charge is 0.116 e. The van der Waals surface area contributed by atoms with Gasteiger partial charge < -0.3 is 11.6 Å². The van der Waals surface area contributed by atoms with E-state index in [0.29, 0.717) is 0 Å². The van der Waals surface area contributed by atoms with E-state index < -0.39 is 0 Å². The second-order valence-corrected chi connectivity index (χ2v) is 1.07. The maximum Gasteiger partial charge on any atom is 0.116 e.